The van der Waals surface area contributed by atoms with E-state index >= 15 is 0 Å². The lowest BCUT2D eigenvalue weighted by Gasteiger charge is -2.17. The molecule has 0 bridgehead atoms. The number of nitrogens with zero attached hydrogens (tertiary/aromatic N) is 2. The van der Waals surface area contributed by atoms with Crippen molar-refractivity contribution < 1.29 is 0 Å². The molecule has 0 spiro atoms. The van der Waals surface area contributed by atoms with Gasteiger partial charge in [-0.15, -0.1) is 0 Å². The molecule has 2 rings (SSSR count). The molecular weight excluding hydrogens is 208 g/mol. The quantitative estimate of drug-likeness (QED) is 0.665. The summed E-state index contributed by atoms with van der Waals surface area (Å²) in [5.41, 5.74) is 2.39. The first-order valence-corrected chi connectivity index (χ1v) is 6.78. The minimum absolute atomic E-state index is 0.606. The summed E-state index contributed by atoms with van der Waals surface area (Å²) in [6, 6.07) is 9.01. The maximum atomic E-state index is 4.48. The summed E-state index contributed by atoms with van der Waals surface area (Å²) < 4.78 is 2.35. The molecule has 1 heterocycles. The molecule has 0 aliphatic rings. The van der Waals surface area contributed by atoms with E-state index in [0.717, 1.165) is 5.52 Å². The first-order chi connectivity index (χ1) is 8.36. The van der Waals surface area contributed by atoms with Gasteiger partial charge in [-0.25, -0.2) is 4.98 Å². The van der Waals surface area contributed by atoms with Crippen molar-refractivity contribution >= 4 is 11.0 Å². The molecule has 1 atom stereocenters. The Morgan fingerprint density at radius 3 is 2.76 bits per heavy atom. The Hall–Kier alpha value is -1.31. The summed E-state index contributed by atoms with van der Waals surface area (Å²) in [5, 5.41) is 0. The molecule has 0 aliphatic heterocycles. The van der Waals surface area contributed by atoms with E-state index < -0.39 is 0 Å². The van der Waals surface area contributed by atoms with Crippen LogP contribution in [0, 0.1) is 0 Å². The lowest BCUT2D eigenvalue weighted by atomic mass is 10.1. The second kappa shape index (κ2) is 5.85. The van der Waals surface area contributed by atoms with E-state index in [1.54, 1.807) is 0 Å². The number of benzene rings is 1. The van der Waals surface area contributed by atoms with E-state index in [4.69, 9.17) is 0 Å². The highest BCUT2D eigenvalue weighted by Crippen LogP contribution is 2.24. The van der Waals surface area contributed by atoms with Gasteiger partial charge in [0.05, 0.1) is 17.4 Å². The number of imidazole rings is 1. The van der Waals surface area contributed by atoms with Gasteiger partial charge in [-0.2, -0.15) is 0 Å². The van der Waals surface area contributed by atoms with E-state index in [2.05, 4.69) is 47.7 Å². The Kier molecular flexibility index (Phi) is 4.18. The number of rotatable bonds is 6. The van der Waals surface area contributed by atoms with Gasteiger partial charge < -0.3 is 4.57 Å². The maximum absolute atomic E-state index is 4.48. The monoisotopic (exact) mass is 230 g/mol. The van der Waals surface area contributed by atoms with Crippen LogP contribution in [-0.2, 0) is 0 Å². The van der Waals surface area contributed by atoms with Gasteiger partial charge in [0.25, 0.3) is 0 Å². The third-order valence-electron chi connectivity index (χ3n) is 3.49. The van der Waals surface area contributed by atoms with Crippen LogP contribution in [0.25, 0.3) is 11.0 Å². The van der Waals surface area contributed by atoms with E-state index in [0.29, 0.717) is 6.04 Å². The highest BCUT2D eigenvalue weighted by molar-refractivity contribution is 5.75. The van der Waals surface area contributed by atoms with Crippen LogP contribution in [0.4, 0.5) is 0 Å². The van der Waals surface area contributed by atoms with Crippen molar-refractivity contribution in [1.82, 2.24) is 9.55 Å². The fourth-order valence-electron chi connectivity index (χ4n) is 2.44. The van der Waals surface area contributed by atoms with Gasteiger partial charge in [-0.05, 0) is 25.0 Å². The van der Waals surface area contributed by atoms with Crippen molar-refractivity contribution in [2.45, 2.75) is 52.0 Å². The van der Waals surface area contributed by atoms with Gasteiger partial charge >= 0.3 is 0 Å². The number of aromatic nitrogens is 2. The molecule has 92 valence electrons. The number of unbranched alkanes of at least 4 members (excludes halogenated alkanes) is 2. The second-order valence-corrected chi connectivity index (χ2v) is 4.70. The maximum Gasteiger partial charge on any atom is 0.0960 e. The molecule has 2 aromatic rings. The van der Waals surface area contributed by atoms with Gasteiger partial charge in [-0.3, -0.25) is 0 Å². The summed E-state index contributed by atoms with van der Waals surface area (Å²) in [6.45, 7) is 4.53. The minimum atomic E-state index is 0.606. The fraction of sp³-hybridized carbons (Fsp3) is 0.533. The Balaban J connectivity index is 2.18. The average molecular weight is 230 g/mol. The molecule has 0 radical (unpaired) electrons. The molecule has 1 unspecified atom stereocenters. The van der Waals surface area contributed by atoms with Crippen LogP contribution in [0.2, 0.25) is 0 Å². The molecule has 0 saturated heterocycles. The van der Waals surface area contributed by atoms with E-state index in [1.165, 1.54) is 37.6 Å². The third-order valence-corrected chi connectivity index (χ3v) is 3.49. The predicted octanol–water partition coefficient (Wildman–Crippen LogP) is 4.57. The molecule has 0 N–H and O–H groups in total. The zero-order valence-electron chi connectivity index (χ0n) is 10.9. The van der Waals surface area contributed by atoms with Crippen LogP contribution >= 0.6 is 0 Å². The average Bonchev–Trinajstić information content (AvgIpc) is 2.79. The number of hydrogen-bond donors (Lipinski definition) is 0. The SMILES string of the molecule is CCCCCC(CC)n1cnc2ccccc21. The standard InChI is InChI=1S/C15H22N2/c1-3-5-6-9-13(4-2)17-12-16-14-10-7-8-11-15(14)17/h7-8,10-13H,3-6,9H2,1-2H3. The third kappa shape index (κ3) is 2.68. The lowest BCUT2D eigenvalue weighted by Crippen LogP contribution is -2.06. The van der Waals surface area contributed by atoms with Gasteiger partial charge in [0.1, 0.15) is 0 Å². The molecule has 2 heteroatoms. The van der Waals surface area contributed by atoms with Gasteiger partial charge in [-0.1, -0.05) is 45.2 Å². The zero-order chi connectivity index (χ0) is 12.1. The molecule has 1 aromatic carbocycles. The van der Waals surface area contributed by atoms with Crippen molar-refractivity contribution in [3.8, 4) is 0 Å². The van der Waals surface area contributed by atoms with Gasteiger partial charge in [0.2, 0.25) is 0 Å². The van der Waals surface area contributed by atoms with E-state index in [-0.39, 0.29) is 0 Å². The Morgan fingerprint density at radius 2 is 2.00 bits per heavy atom. The van der Waals surface area contributed by atoms with Crippen LogP contribution in [0.15, 0.2) is 30.6 Å². The molecule has 0 saturated carbocycles. The van der Waals surface area contributed by atoms with Crippen LogP contribution in [0.1, 0.15) is 52.0 Å². The Labute approximate surface area is 104 Å². The Bertz CT molecular complexity index is 459. The zero-order valence-corrected chi connectivity index (χ0v) is 10.9. The molecule has 0 aliphatic carbocycles. The largest absolute Gasteiger partial charge is 0.327 e. The molecule has 0 amide bonds. The van der Waals surface area contributed by atoms with Gasteiger partial charge in [0, 0.05) is 6.04 Å². The Morgan fingerprint density at radius 1 is 1.18 bits per heavy atom. The smallest absolute Gasteiger partial charge is 0.0960 e. The molecule has 0 fully saturated rings. The van der Waals surface area contributed by atoms with Crippen molar-refractivity contribution in [3.05, 3.63) is 30.6 Å². The number of hydrogen-bond acceptors (Lipinski definition) is 1. The van der Waals surface area contributed by atoms with Gasteiger partial charge in [0.15, 0.2) is 0 Å². The van der Waals surface area contributed by atoms with E-state index in [1.807, 2.05) is 6.33 Å². The molecular formula is C15H22N2. The van der Waals surface area contributed by atoms with Crippen molar-refractivity contribution in [2.24, 2.45) is 0 Å². The topological polar surface area (TPSA) is 17.8 Å². The molecule has 2 nitrogen and oxygen atoms in total. The molecule has 17 heavy (non-hydrogen) atoms. The van der Waals surface area contributed by atoms with E-state index in [9.17, 15) is 0 Å². The van der Waals surface area contributed by atoms with Crippen molar-refractivity contribution in [2.75, 3.05) is 0 Å². The first-order valence-electron chi connectivity index (χ1n) is 6.78. The summed E-state index contributed by atoms with van der Waals surface area (Å²) in [4.78, 5) is 4.48. The lowest BCUT2D eigenvalue weighted by molar-refractivity contribution is 0.440. The van der Waals surface area contributed by atoms with Crippen LogP contribution < -0.4 is 0 Å². The summed E-state index contributed by atoms with van der Waals surface area (Å²) in [7, 11) is 0. The normalized spacial score (nSPS) is 13.1. The predicted molar refractivity (Wildman–Crippen MR) is 73.2 cm³/mol. The first kappa shape index (κ1) is 12.2. The summed E-state index contributed by atoms with van der Waals surface area (Å²) in [5.74, 6) is 0. The highest BCUT2D eigenvalue weighted by atomic mass is 15.1. The number of para-hydroxylation sites is 2. The molecule has 1 aromatic heterocycles. The van der Waals surface area contributed by atoms with Crippen LogP contribution in [-0.4, -0.2) is 9.55 Å². The minimum Gasteiger partial charge on any atom is -0.327 e. The van der Waals surface area contributed by atoms with Crippen LogP contribution in [0.3, 0.4) is 0 Å². The van der Waals surface area contributed by atoms with Crippen molar-refractivity contribution in [3.63, 3.8) is 0 Å². The second-order valence-electron chi connectivity index (χ2n) is 4.70. The number of fused-ring (bicyclic) bond motifs is 1. The van der Waals surface area contributed by atoms with Crippen molar-refractivity contribution in [1.29, 1.82) is 0 Å². The summed E-state index contributed by atoms with van der Waals surface area (Å²) in [6.07, 6.45) is 8.41. The highest BCUT2D eigenvalue weighted by Gasteiger charge is 2.11. The summed E-state index contributed by atoms with van der Waals surface area (Å²) >= 11 is 0. The fourth-order valence-corrected chi connectivity index (χ4v) is 2.44. The van der Waals surface area contributed by atoms with Crippen LogP contribution in [0.5, 0.6) is 0 Å².